The molecule has 386 valence electrons. The number of urea groups is 3. The van der Waals surface area contributed by atoms with Crippen molar-refractivity contribution < 1.29 is 168 Å². The Morgan fingerprint density at radius 2 is 0.718 bits per heavy atom. The number of amides is 6. The van der Waals surface area contributed by atoms with Crippen LogP contribution in [-0.2, 0) is 80.3 Å². The zero-order valence-corrected chi connectivity index (χ0v) is 81.6. The quantitative estimate of drug-likeness (QED) is 0.0569. The second kappa shape index (κ2) is 167. The van der Waals surface area contributed by atoms with Crippen LogP contribution < -0.4 is 157 Å². The van der Waals surface area contributed by atoms with Crippen molar-refractivity contribution in [3.63, 3.8) is 0 Å². The van der Waals surface area contributed by atoms with Crippen molar-refractivity contribution in [2.45, 2.75) is 64.8 Å². The summed E-state index contributed by atoms with van der Waals surface area (Å²) < 4.78 is 0. The number of rotatable bonds is 11. The third-order valence-corrected chi connectivity index (χ3v) is 15.3. The van der Waals surface area contributed by atoms with Gasteiger partial charge in [-0.3, -0.25) is 0 Å². The first kappa shape index (κ1) is 156. The molecule has 0 saturated carbocycles. The van der Waals surface area contributed by atoms with E-state index < -0.39 is 0 Å². The van der Waals surface area contributed by atoms with Crippen LogP contribution in [0.15, 0.2) is 0 Å². The van der Waals surface area contributed by atoms with Crippen molar-refractivity contribution in [1.82, 2.24) is 30.7 Å². The Balaban J connectivity index is -0.0000000166. The molecule has 0 atom stereocenters. The molecule has 0 aromatic heterocycles. The minimum atomic E-state index is 0. The molecule has 3 aliphatic rings. The summed E-state index contributed by atoms with van der Waals surface area (Å²) in [5.74, 6) is 2.41. The molecular weight excluding hydrogens is 1390 g/mol. The molecule has 71 heavy (non-hydrogen) atoms. The molecule has 0 aromatic rings. The fraction of sp³-hybridized carbons (Fsp3) is 0.893. The number of halogens is 2. The predicted octanol–water partition coefficient (Wildman–Crippen LogP) is -13.4. The minimum absolute atomic E-state index is 0. The summed E-state index contributed by atoms with van der Waals surface area (Å²) in [6.45, 7) is 14.0. The van der Waals surface area contributed by atoms with E-state index in [-0.39, 0.29) is 269 Å². The maximum atomic E-state index is 11.3. The van der Waals surface area contributed by atoms with E-state index in [1.807, 2.05) is 9.80 Å². The van der Waals surface area contributed by atoms with Gasteiger partial charge in [0.15, 0.2) is 0 Å². The zero-order chi connectivity index (χ0) is 46.6. The molecule has 3 heterocycles. The van der Waals surface area contributed by atoms with Gasteiger partial charge in [0.25, 0.3) is 0 Å². The Morgan fingerprint density at radius 1 is 0.549 bits per heavy atom. The van der Waals surface area contributed by atoms with E-state index in [0.717, 1.165) is 63.9 Å². The van der Waals surface area contributed by atoms with Crippen molar-refractivity contribution >= 4 is 380 Å². The number of nitrogens with one attached hydrogen (secondary N) is 3. The second-order valence-corrected chi connectivity index (χ2v) is 21.3. The number of alkyl halides is 1. The second-order valence-electron chi connectivity index (χ2n) is 7.61. The Kier molecular flexibility index (Phi) is 367. The number of hydrogen-bond acceptors (Lipinski definition) is 15. The van der Waals surface area contributed by atoms with Crippen molar-refractivity contribution in [2.24, 2.45) is 0 Å². The van der Waals surface area contributed by atoms with Crippen molar-refractivity contribution in [3.05, 3.63) is 0 Å². The molecule has 0 radical (unpaired) electrons. The van der Waals surface area contributed by atoms with Gasteiger partial charge in [-0.2, -0.15) is 54.0 Å². The standard InChI is InChI=1S/C10H18N4O2S4.C5H9ClN2O.2C2H6O.2C2H5O.5CH4.ClH.12Na.2S4.4H2S.H2.H/c15-9-11-1-3-13(9)5-7-17-19-20-18-8-6-14-4-2-12-10(14)16;6-1-3-8-4-2-7-5(8)9;4*1-2-3;;;;;;;;;;;;;;;;;;;2*1-3-4-2;;;;;;/h1-8H2,(H,11,15)(H,12,16);1-4H2,(H,7,9);2*3H,2H2,1H3;2*2H2,1H3;5*1H4;1H;;;;;;;;;;;;;;;4*1H2;1H;/q;;;;2*-1;;;;;;;;;;;;;;;4*+1;;;;;;;;-1/p-1. The number of aliphatic hydroxyl groups excluding tert-OH is 2. The summed E-state index contributed by atoms with van der Waals surface area (Å²) in [7, 11) is 11.7. The number of nitrogens with zero attached hydrogens (tertiary/aromatic N) is 3. The molecule has 43 heteroatoms. The van der Waals surface area contributed by atoms with E-state index in [0.29, 0.717) is 12.4 Å². The average molecular weight is 1470 g/mol. The number of carbonyl (C=O) groups excluding carboxylic acids is 3. The fourth-order valence-corrected chi connectivity index (χ4v) is 8.83. The summed E-state index contributed by atoms with van der Waals surface area (Å²) in [6, 6.07) is 0.124. The van der Waals surface area contributed by atoms with Crippen molar-refractivity contribution in [2.75, 3.05) is 103 Å². The first-order valence-electron chi connectivity index (χ1n) is 18.4. The summed E-state index contributed by atoms with van der Waals surface area (Å²) >= 11 is 34.3. The predicted molar refractivity (Wildman–Crippen MR) is 356 cm³/mol. The van der Waals surface area contributed by atoms with Crippen LogP contribution in [0.2, 0.25) is 0 Å². The van der Waals surface area contributed by atoms with Gasteiger partial charge in [-0.15, -0.1) is 24.8 Å². The monoisotopic (exact) mass is 1470 g/mol. The van der Waals surface area contributed by atoms with E-state index in [4.69, 9.17) is 32.0 Å². The van der Waals surface area contributed by atoms with Crippen LogP contribution in [0.1, 0.15) is 67.7 Å². The van der Waals surface area contributed by atoms with E-state index >= 15 is 0 Å². The molecule has 3 saturated heterocycles. The third kappa shape index (κ3) is 157. The fourth-order valence-electron chi connectivity index (χ4n) is 2.68. The van der Waals surface area contributed by atoms with Gasteiger partial charge < -0.3 is 64.9 Å². The molecular formula is C28H80Cl2N6Na12O7S16. The van der Waals surface area contributed by atoms with E-state index in [1.54, 1.807) is 73.8 Å². The SMILES string of the molecule is C.C.C.C.C.CCO.CCO.CC[O-].CC[O-].O=C1NCCN1CCCl.O=C1NCCN1CCSSSSCCN1CCNC1=O.S.S.S.S.S=S=S=S.S=S=S=S.[Cl-].[H-].[HH].[Na+].[Na+].[Na+].[Na+].[Na][Na].[Na][Na].[Na][Na].[Na][Na]. The first-order chi connectivity index (χ1) is 27.6. The number of aliphatic hydroxyl groups is 2. The molecule has 3 fully saturated rings. The van der Waals surface area contributed by atoms with Crippen LogP contribution in [0.25, 0.3) is 0 Å². The Hall–Kier alpha value is 14.8. The molecule has 0 aliphatic carbocycles. The van der Waals surface area contributed by atoms with Crippen LogP contribution in [0.4, 0.5) is 14.4 Å². The summed E-state index contributed by atoms with van der Waals surface area (Å²) in [5, 5.41) is 41.3. The van der Waals surface area contributed by atoms with Gasteiger partial charge in [-0.25, -0.2) is 14.4 Å². The summed E-state index contributed by atoms with van der Waals surface area (Å²) in [4.78, 5) is 38.7. The van der Waals surface area contributed by atoms with Gasteiger partial charge in [0.05, 0.1) is 0 Å². The molecule has 0 spiro atoms. The molecule has 0 unspecified atom stereocenters. The number of hydrogen-bond donors (Lipinski definition) is 5. The summed E-state index contributed by atoms with van der Waals surface area (Å²) in [6.07, 6.45) is 0. The summed E-state index contributed by atoms with van der Waals surface area (Å²) in [5.41, 5.74) is 0. The normalized spacial score (nSPS) is 9.59. The average Bonchev–Trinajstić information content (AvgIpc) is 3.98. The topological polar surface area (TPSA) is 184 Å². The van der Waals surface area contributed by atoms with Crippen molar-refractivity contribution in [1.29, 1.82) is 0 Å². The third-order valence-electron chi connectivity index (χ3n) is 4.26. The molecule has 6 amide bonds. The molecule has 0 aromatic carbocycles. The Labute approximate surface area is 727 Å². The Bertz CT molecular complexity index is 934. The van der Waals surface area contributed by atoms with Gasteiger partial charge in [0.1, 0.15) is 0 Å². The van der Waals surface area contributed by atoms with Gasteiger partial charge in [-0.1, -0.05) is 72.6 Å². The van der Waals surface area contributed by atoms with Gasteiger partial charge in [-0.05, 0) is 33.5 Å². The van der Waals surface area contributed by atoms with Crippen molar-refractivity contribution in [3.8, 4) is 0 Å². The van der Waals surface area contributed by atoms with Crippen LogP contribution in [-0.4, -0.2) is 320 Å². The van der Waals surface area contributed by atoms with Gasteiger partial charge in [0, 0.05) is 171 Å². The van der Waals surface area contributed by atoms with Crippen LogP contribution >= 0.6 is 107 Å². The molecule has 0 bridgehead atoms. The van der Waals surface area contributed by atoms with Gasteiger partial charge in [0.2, 0.25) is 0 Å². The van der Waals surface area contributed by atoms with Crippen LogP contribution in [0.3, 0.4) is 0 Å². The van der Waals surface area contributed by atoms with Crippen LogP contribution in [0.5, 0.6) is 0 Å². The maximum absolute atomic E-state index is 11.3. The molecule has 3 aliphatic heterocycles. The first-order valence-corrected chi connectivity index (χ1v) is 64.1. The zero-order valence-electron chi connectivity index (χ0n) is 43.2. The van der Waals surface area contributed by atoms with E-state index in [1.165, 1.54) is 210 Å². The Morgan fingerprint density at radius 3 is 0.845 bits per heavy atom. The molecule has 5 N–H and O–H groups in total. The van der Waals surface area contributed by atoms with E-state index in [2.05, 4.69) is 60.7 Å². The van der Waals surface area contributed by atoms with E-state index in [9.17, 15) is 14.4 Å². The van der Waals surface area contributed by atoms with Crippen LogP contribution in [0, 0.1) is 0 Å². The molecule has 13 nitrogen and oxygen atoms in total. The molecule has 3 rings (SSSR count). The number of carbonyl (C=O) groups is 3. The van der Waals surface area contributed by atoms with Gasteiger partial charge >= 0.3 is 311 Å².